The summed E-state index contributed by atoms with van der Waals surface area (Å²) in [7, 11) is 3.15. The van der Waals surface area contributed by atoms with E-state index < -0.39 is 0 Å². The number of aryl methyl sites for hydroxylation is 1. The van der Waals surface area contributed by atoms with Crippen LogP contribution < -0.4 is 14.8 Å². The molecule has 4 nitrogen and oxygen atoms in total. The average Bonchev–Trinajstić information content (AvgIpc) is 2.62. The van der Waals surface area contributed by atoms with Gasteiger partial charge < -0.3 is 14.8 Å². The van der Waals surface area contributed by atoms with E-state index in [2.05, 4.69) is 31.0 Å². The molecule has 0 bridgehead atoms. The van der Waals surface area contributed by atoms with Crippen molar-refractivity contribution in [1.29, 1.82) is 0 Å². The lowest BCUT2D eigenvalue weighted by Crippen LogP contribution is -2.26. The standard InChI is InChI=1S/C21H25NO3/c1-5-8-17-13-18(14-19(24-3)20(17)25-4)21(23)22-12-11-16-10-7-6-9-15(16)2/h5-7,9-10,13-14H,1,8,11-12H2,2-4H3,(H,22,23). The van der Waals surface area contributed by atoms with Crippen molar-refractivity contribution in [1.82, 2.24) is 5.32 Å². The van der Waals surface area contributed by atoms with Crippen LogP contribution >= 0.6 is 0 Å². The van der Waals surface area contributed by atoms with Gasteiger partial charge in [-0.05, 0) is 43.0 Å². The zero-order chi connectivity index (χ0) is 18.2. The van der Waals surface area contributed by atoms with Crippen LogP contribution in [-0.4, -0.2) is 26.7 Å². The molecule has 0 fully saturated rings. The van der Waals surface area contributed by atoms with Crippen molar-refractivity contribution in [3.8, 4) is 11.5 Å². The van der Waals surface area contributed by atoms with Crippen LogP contribution in [0.3, 0.4) is 0 Å². The molecule has 0 aliphatic carbocycles. The van der Waals surface area contributed by atoms with Gasteiger partial charge in [0.1, 0.15) is 0 Å². The summed E-state index contributed by atoms with van der Waals surface area (Å²) in [6, 6.07) is 11.7. The molecule has 2 aromatic rings. The highest BCUT2D eigenvalue weighted by molar-refractivity contribution is 5.95. The molecule has 0 saturated heterocycles. The molecule has 0 heterocycles. The quantitative estimate of drug-likeness (QED) is 0.746. The summed E-state index contributed by atoms with van der Waals surface area (Å²) < 4.78 is 10.8. The molecule has 4 heteroatoms. The number of nitrogens with one attached hydrogen (secondary N) is 1. The number of methoxy groups -OCH3 is 2. The third-order valence-corrected chi connectivity index (χ3v) is 4.12. The van der Waals surface area contributed by atoms with Gasteiger partial charge in [-0.2, -0.15) is 0 Å². The maximum atomic E-state index is 12.5. The summed E-state index contributed by atoms with van der Waals surface area (Å²) in [5.74, 6) is 1.06. The summed E-state index contributed by atoms with van der Waals surface area (Å²) in [4.78, 5) is 12.5. The first kappa shape index (κ1) is 18.6. The second-order valence-electron chi connectivity index (χ2n) is 5.80. The van der Waals surface area contributed by atoms with E-state index in [1.54, 1.807) is 26.4 Å². The maximum absolute atomic E-state index is 12.5. The molecule has 0 radical (unpaired) electrons. The van der Waals surface area contributed by atoms with E-state index in [4.69, 9.17) is 9.47 Å². The Morgan fingerprint density at radius 1 is 1.16 bits per heavy atom. The molecule has 0 aromatic heterocycles. The predicted molar refractivity (Wildman–Crippen MR) is 101 cm³/mol. The first-order valence-electron chi connectivity index (χ1n) is 8.29. The fourth-order valence-electron chi connectivity index (χ4n) is 2.78. The van der Waals surface area contributed by atoms with Gasteiger partial charge in [-0.25, -0.2) is 0 Å². The average molecular weight is 339 g/mol. The van der Waals surface area contributed by atoms with E-state index in [0.717, 1.165) is 12.0 Å². The van der Waals surface area contributed by atoms with Crippen LogP contribution in [-0.2, 0) is 12.8 Å². The molecule has 1 amide bonds. The number of allylic oxidation sites excluding steroid dienone is 1. The third-order valence-electron chi connectivity index (χ3n) is 4.12. The molecule has 0 spiro atoms. The summed E-state index contributed by atoms with van der Waals surface area (Å²) in [5, 5.41) is 2.97. The Morgan fingerprint density at radius 3 is 2.56 bits per heavy atom. The van der Waals surface area contributed by atoms with Crippen LogP contribution in [0.5, 0.6) is 11.5 Å². The van der Waals surface area contributed by atoms with E-state index in [-0.39, 0.29) is 5.91 Å². The lowest BCUT2D eigenvalue weighted by Gasteiger charge is -2.14. The Morgan fingerprint density at radius 2 is 1.92 bits per heavy atom. The normalized spacial score (nSPS) is 10.2. The SMILES string of the molecule is C=CCc1cc(C(=O)NCCc2ccccc2C)cc(OC)c1OC. The van der Waals surface area contributed by atoms with Crippen molar-refractivity contribution in [3.63, 3.8) is 0 Å². The second kappa shape index (κ2) is 8.92. The molecule has 0 saturated carbocycles. The van der Waals surface area contributed by atoms with Crippen molar-refractivity contribution < 1.29 is 14.3 Å². The molecule has 0 aliphatic rings. The lowest BCUT2D eigenvalue weighted by atomic mass is 10.0. The predicted octanol–water partition coefficient (Wildman–Crippen LogP) is 3.71. The number of carbonyl (C=O) groups excluding carboxylic acids is 1. The minimum absolute atomic E-state index is 0.125. The number of benzene rings is 2. The van der Waals surface area contributed by atoms with E-state index in [9.17, 15) is 4.79 Å². The Labute approximate surface area is 149 Å². The van der Waals surface area contributed by atoms with Crippen molar-refractivity contribution >= 4 is 5.91 Å². The van der Waals surface area contributed by atoms with Crippen LogP contribution in [0, 0.1) is 6.92 Å². The van der Waals surface area contributed by atoms with E-state index in [1.807, 2.05) is 18.2 Å². The smallest absolute Gasteiger partial charge is 0.251 e. The van der Waals surface area contributed by atoms with Crippen LogP contribution in [0.4, 0.5) is 0 Å². The van der Waals surface area contributed by atoms with Gasteiger partial charge >= 0.3 is 0 Å². The first-order chi connectivity index (χ1) is 12.1. The molecule has 1 N–H and O–H groups in total. The van der Waals surface area contributed by atoms with Gasteiger partial charge in [0, 0.05) is 17.7 Å². The third kappa shape index (κ3) is 4.63. The Kier molecular flexibility index (Phi) is 6.63. The van der Waals surface area contributed by atoms with Crippen LogP contribution in [0.15, 0.2) is 49.1 Å². The number of carbonyl (C=O) groups is 1. The van der Waals surface area contributed by atoms with Crippen molar-refractivity contribution in [2.24, 2.45) is 0 Å². The topological polar surface area (TPSA) is 47.6 Å². The molecule has 0 aliphatic heterocycles. The molecule has 2 aromatic carbocycles. The highest BCUT2D eigenvalue weighted by Gasteiger charge is 2.15. The number of ether oxygens (including phenoxy) is 2. The van der Waals surface area contributed by atoms with Crippen molar-refractivity contribution in [3.05, 3.63) is 71.3 Å². The van der Waals surface area contributed by atoms with Crippen LogP contribution in [0.25, 0.3) is 0 Å². The molecular formula is C21H25NO3. The number of rotatable bonds is 8. The fraction of sp³-hybridized carbons (Fsp3) is 0.286. The largest absolute Gasteiger partial charge is 0.493 e. The second-order valence-corrected chi connectivity index (χ2v) is 5.80. The van der Waals surface area contributed by atoms with Gasteiger partial charge in [0.15, 0.2) is 11.5 Å². The summed E-state index contributed by atoms with van der Waals surface area (Å²) in [5.41, 5.74) is 3.90. The zero-order valence-corrected chi connectivity index (χ0v) is 15.1. The van der Waals surface area contributed by atoms with E-state index in [1.165, 1.54) is 11.1 Å². The molecular weight excluding hydrogens is 314 g/mol. The van der Waals surface area contributed by atoms with Crippen LogP contribution in [0.1, 0.15) is 27.0 Å². The van der Waals surface area contributed by atoms with Gasteiger partial charge in [0.25, 0.3) is 5.91 Å². The van der Waals surface area contributed by atoms with Crippen LogP contribution in [0.2, 0.25) is 0 Å². The first-order valence-corrected chi connectivity index (χ1v) is 8.29. The minimum Gasteiger partial charge on any atom is -0.493 e. The Bertz CT molecular complexity index is 753. The molecule has 0 unspecified atom stereocenters. The summed E-state index contributed by atoms with van der Waals surface area (Å²) in [6.45, 7) is 6.41. The number of hydrogen-bond donors (Lipinski definition) is 1. The van der Waals surface area contributed by atoms with Gasteiger partial charge in [0.2, 0.25) is 0 Å². The maximum Gasteiger partial charge on any atom is 0.251 e. The molecule has 132 valence electrons. The van der Waals surface area contributed by atoms with E-state index in [0.29, 0.717) is 30.0 Å². The minimum atomic E-state index is -0.125. The molecule has 25 heavy (non-hydrogen) atoms. The fourth-order valence-corrected chi connectivity index (χ4v) is 2.78. The van der Waals surface area contributed by atoms with Crippen molar-refractivity contribution in [2.75, 3.05) is 20.8 Å². The molecule has 0 atom stereocenters. The van der Waals surface area contributed by atoms with Gasteiger partial charge in [-0.1, -0.05) is 30.3 Å². The summed E-state index contributed by atoms with van der Waals surface area (Å²) in [6.07, 6.45) is 3.17. The highest BCUT2D eigenvalue weighted by Crippen LogP contribution is 2.33. The Balaban J connectivity index is 2.11. The van der Waals surface area contributed by atoms with E-state index >= 15 is 0 Å². The Hall–Kier alpha value is -2.75. The number of amides is 1. The zero-order valence-electron chi connectivity index (χ0n) is 15.1. The lowest BCUT2D eigenvalue weighted by molar-refractivity contribution is 0.0953. The van der Waals surface area contributed by atoms with Gasteiger partial charge in [-0.15, -0.1) is 6.58 Å². The molecule has 2 rings (SSSR count). The van der Waals surface area contributed by atoms with Gasteiger partial charge in [0.05, 0.1) is 14.2 Å². The van der Waals surface area contributed by atoms with Crippen molar-refractivity contribution in [2.45, 2.75) is 19.8 Å². The monoisotopic (exact) mass is 339 g/mol. The number of hydrogen-bond acceptors (Lipinski definition) is 3. The summed E-state index contributed by atoms with van der Waals surface area (Å²) >= 11 is 0. The highest BCUT2D eigenvalue weighted by atomic mass is 16.5. The van der Waals surface area contributed by atoms with Gasteiger partial charge in [-0.3, -0.25) is 4.79 Å².